The van der Waals surface area contributed by atoms with Crippen molar-refractivity contribution in [3.05, 3.63) is 33.3 Å². The number of likely N-dealkylation sites (N-methyl/N-ethyl adjacent to an activating group) is 1. The van der Waals surface area contributed by atoms with Gasteiger partial charge in [0.25, 0.3) is 5.91 Å². The molecule has 1 N–H and O–H groups in total. The van der Waals surface area contributed by atoms with Gasteiger partial charge in [-0.25, -0.2) is 0 Å². The number of amides is 1. The number of carbonyl (C=O) groups excluding carboxylic acids is 1. The molecule has 1 aromatic carbocycles. The molecule has 0 aromatic heterocycles. The second-order valence-corrected chi connectivity index (χ2v) is 6.44. The molecule has 0 aliphatic carbocycles. The van der Waals surface area contributed by atoms with Gasteiger partial charge in [-0.2, -0.15) is 0 Å². The molecule has 20 heavy (non-hydrogen) atoms. The van der Waals surface area contributed by atoms with Crippen LogP contribution in [-0.2, 0) is 0 Å². The van der Waals surface area contributed by atoms with Crippen molar-refractivity contribution in [1.82, 2.24) is 10.2 Å². The molecule has 0 saturated carbocycles. The van der Waals surface area contributed by atoms with Crippen molar-refractivity contribution in [3.63, 3.8) is 0 Å². The minimum absolute atomic E-state index is 0.00572. The van der Waals surface area contributed by atoms with E-state index in [1.807, 2.05) is 17.9 Å². The van der Waals surface area contributed by atoms with E-state index in [0.717, 1.165) is 24.0 Å². The average Bonchev–Trinajstić information content (AvgIpc) is 2.47. The lowest BCUT2D eigenvalue weighted by atomic mass is 10.0. The number of hydrogen-bond acceptors (Lipinski definition) is 2. The maximum Gasteiger partial charge on any atom is 0.255 e. The monoisotopic (exact) mass is 358 g/mol. The molecule has 2 rings (SSSR count). The largest absolute Gasteiger partial charge is 0.337 e. The fourth-order valence-electron chi connectivity index (χ4n) is 2.53. The molecule has 1 aromatic rings. The number of nitrogens with zero attached hydrogens (tertiary/aromatic N) is 1. The molecule has 1 aliphatic heterocycles. The van der Waals surface area contributed by atoms with Crippen LogP contribution in [0.3, 0.4) is 0 Å². The Morgan fingerprint density at radius 1 is 1.50 bits per heavy atom. The van der Waals surface area contributed by atoms with E-state index < -0.39 is 0 Å². The van der Waals surface area contributed by atoms with E-state index >= 15 is 0 Å². The summed E-state index contributed by atoms with van der Waals surface area (Å²) in [5, 5.41) is 3.99. The van der Waals surface area contributed by atoms with Crippen LogP contribution in [0.15, 0.2) is 22.7 Å². The van der Waals surface area contributed by atoms with Crippen molar-refractivity contribution in [1.29, 1.82) is 0 Å². The predicted octanol–water partition coefficient (Wildman–Crippen LogP) is 3.71. The summed E-state index contributed by atoms with van der Waals surface area (Å²) in [5.41, 5.74) is 0.568. The Labute approximate surface area is 133 Å². The number of rotatable bonds is 4. The molecule has 1 heterocycles. The third kappa shape index (κ3) is 3.96. The summed E-state index contributed by atoms with van der Waals surface area (Å²) in [6, 6.07) is 5.80. The van der Waals surface area contributed by atoms with Crippen LogP contribution >= 0.6 is 27.5 Å². The van der Waals surface area contributed by atoms with Crippen LogP contribution in [0.5, 0.6) is 0 Å². The Hall–Kier alpha value is -0.580. The van der Waals surface area contributed by atoms with E-state index in [1.165, 1.54) is 12.8 Å². The molecule has 1 amide bonds. The quantitative estimate of drug-likeness (QED) is 0.889. The first kappa shape index (κ1) is 15.8. The average molecular weight is 360 g/mol. The number of nitrogens with one attached hydrogen (secondary N) is 1. The van der Waals surface area contributed by atoms with Crippen molar-refractivity contribution in [3.8, 4) is 0 Å². The van der Waals surface area contributed by atoms with Crippen LogP contribution in [0.4, 0.5) is 0 Å². The van der Waals surface area contributed by atoms with Gasteiger partial charge >= 0.3 is 0 Å². The number of hydrogen-bond donors (Lipinski definition) is 1. The van der Waals surface area contributed by atoms with Crippen LogP contribution < -0.4 is 5.32 Å². The normalized spacial score (nSPS) is 18.9. The molecule has 1 unspecified atom stereocenters. The lowest BCUT2D eigenvalue weighted by Crippen LogP contribution is -2.45. The summed E-state index contributed by atoms with van der Waals surface area (Å²) in [7, 11) is 0. The van der Waals surface area contributed by atoms with Gasteiger partial charge in [-0.15, -0.1) is 0 Å². The zero-order valence-electron chi connectivity index (χ0n) is 11.7. The molecule has 1 fully saturated rings. The van der Waals surface area contributed by atoms with Crippen LogP contribution in [0.1, 0.15) is 36.5 Å². The molecule has 0 radical (unpaired) electrons. The van der Waals surface area contributed by atoms with Gasteiger partial charge in [-0.05, 0) is 44.5 Å². The van der Waals surface area contributed by atoms with Crippen LogP contribution in [0, 0.1) is 0 Å². The Morgan fingerprint density at radius 3 is 2.95 bits per heavy atom. The van der Waals surface area contributed by atoms with E-state index in [2.05, 4.69) is 21.2 Å². The molecule has 1 atom stereocenters. The van der Waals surface area contributed by atoms with Crippen LogP contribution in [-0.4, -0.2) is 36.5 Å². The molecular formula is C15H20BrClN2O. The molecule has 1 aliphatic rings. The molecule has 3 nitrogen and oxygen atoms in total. The number of piperidine rings is 1. The van der Waals surface area contributed by atoms with Crippen molar-refractivity contribution >= 4 is 33.4 Å². The zero-order valence-corrected chi connectivity index (χ0v) is 14.0. The standard InChI is InChI=1S/C15H20BrClN2O/c1-2-19(10-12-5-3-4-8-18-12)15(20)13-9-11(16)6-7-14(13)17/h6-7,9,12,18H,2-5,8,10H2,1H3. The van der Waals surface area contributed by atoms with Gasteiger partial charge in [0.15, 0.2) is 0 Å². The molecule has 0 bridgehead atoms. The van der Waals surface area contributed by atoms with Gasteiger partial charge in [0, 0.05) is 23.6 Å². The summed E-state index contributed by atoms with van der Waals surface area (Å²) in [5.74, 6) is 0.00572. The van der Waals surface area contributed by atoms with Gasteiger partial charge < -0.3 is 10.2 Å². The first-order chi connectivity index (χ1) is 9.61. The minimum Gasteiger partial charge on any atom is -0.337 e. The second-order valence-electron chi connectivity index (χ2n) is 5.11. The summed E-state index contributed by atoms with van der Waals surface area (Å²) >= 11 is 9.54. The maximum atomic E-state index is 12.6. The number of carbonyl (C=O) groups is 1. The van der Waals surface area contributed by atoms with Gasteiger partial charge in [0.05, 0.1) is 10.6 Å². The summed E-state index contributed by atoms with van der Waals surface area (Å²) in [6.07, 6.45) is 3.60. The summed E-state index contributed by atoms with van der Waals surface area (Å²) in [4.78, 5) is 14.5. The van der Waals surface area contributed by atoms with Gasteiger partial charge in [0.2, 0.25) is 0 Å². The van der Waals surface area contributed by atoms with Crippen molar-refractivity contribution in [2.24, 2.45) is 0 Å². The Balaban J connectivity index is 2.09. The topological polar surface area (TPSA) is 32.3 Å². The van der Waals surface area contributed by atoms with Crippen LogP contribution in [0.2, 0.25) is 5.02 Å². The highest BCUT2D eigenvalue weighted by atomic mass is 79.9. The van der Waals surface area contributed by atoms with Gasteiger partial charge in [-0.3, -0.25) is 4.79 Å². The highest BCUT2D eigenvalue weighted by Gasteiger charge is 2.22. The smallest absolute Gasteiger partial charge is 0.255 e. The van der Waals surface area contributed by atoms with E-state index in [1.54, 1.807) is 12.1 Å². The third-order valence-electron chi connectivity index (χ3n) is 3.68. The Kier molecular flexibility index (Phi) is 5.87. The molecule has 0 spiro atoms. The molecular weight excluding hydrogens is 340 g/mol. The maximum absolute atomic E-state index is 12.6. The third-order valence-corrected chi connectivity index (χ3v) is 4.50. The Morgan fingerprint density at radius 2 is 2.30 bits per heavy atom. The second kappa shape index (κ2) is 7.43. The SMILES string of the molecule is CCN(CC1CCCCN1)C(=O)c1cc(Br)ccc1Cl. The predicted molar refractivity (Wildman–Crippen MR) is 86.4 cm³/mol. The Bertz CT molecular complexity index is 475. The van der Waals surface area contributed by atoms with Crippen molar-refractivity contribution < 1.29 is 4.79 Å². The lowest BCUT2D eigenvalue weighted by Gasteiger charge is -2.30. The highest BCUT2D eigenvalue weighted by Crippen LogP contribution is 2.23. The minimum atomic E-state index is 0.00572. The molecule has 5 heteroatoms. The molecule has 110 valence electrons. The summed E-state index contributed by atoms with van der Waals surface area (Å²) in [6.45, 7) is 4.50. The zero-order chi connectivity index (χ0) is 14.5. The van der Waals surface area contributed by atoms with Crippen molar-refractivity contribution in [2.45, 2.75) is 32.2 Å². The van der Waals surface area contributed by atoms with E-state index in [0.29, 0.717) is 23.2 Å². The van der Waals surface area contributed by atoms with E-state index in [9.17, 15) is 4.79 Å². The first-order valence-corrected chi connectivity index (χ1v) is 8.26. The lowest BCUT2D eigenvalue weighted by molar-refractivity contribution is 0.0741. The van der Waals surface area contributed by atoms with Gasteiger partial charge in [0.1, 0.15) is 0 Å². The van der Waals surface area contributed by atoms with Gasteiger partial charge in [-0.1, -0.05) is 34.0 Å². The summed E-state index contributed by atoms with van der Waals surface area (Å²) < 4.78 is 0.872. The first-order valence-electron chi connectivity index (χ1n) is 7.09. The molecule has 1 saturated heterocycles. The fraction of sp³-hybridized carbons (Fsp3) is 0.533. The fourth-order valence-corrected chi connectivity index (χ4v) is 3.09. The highest BCUT2D eigenvalue weighted by molar-refractivity contribution is 9.10. The van der Waals surface area contributed by atoms with E-state index in [-0.39, 0.29) is 5.91 Å². The number of benzene rings is 1. The van der Waals surface area contributed by atoms with E-state index in [4.69, 9.17) is 11.6 Å². The van der Waals surface area contributed by atoms with Crippen molar-refractivity contribution in [2.75, 3.05) is 19.6 Å². The number of halogens is 2. The van der Waals surface area contributed by atoms with Crippen LogP contribution in [0.25, 0.3) is 0 Å².